The molecule has 1 aliphatic carbocycles. The Morgan fingerprint density at radius 1 is 0.926 bits per heavy atom. The lowest BCUT2D eigenvalue weighted by Gasteiger charge is -2.28. The third-order valence-electron chi connectivity index (χ3n) is 5.72. The zero-order chi connectivity index (χ0) is 18.9. The molecule has 0 heterocycles. The summed E-state index contributed by atoms with van der Waals surface area (Å²) in [5.74, 6) is 2.39. The largest absolute Gasteiger partial charge is 0.494 e. The highest BCUT2D eigenvalue weighted by Crippen LogP contribution is 2.38. The standard InChI is InChI=1S/C25H31FO/c1-2-19-27-25-16-14-24(15-17-25)23-12-10-22(11-13-23)21-8-6-20(7-9-21)5-3-4-18-26/h4,10-18,20-21H,2-3,5-9,19H2,1H3/t20-,21-. The molecule has 0 bridgehead atoms. The zero-order valence-corrected chi connectivity index (χ0v) is 16.4. The van der Waals surface area contributed by atoms with Crippen LogP contribution in [0.4, 0.5) is 4.39 Å². The Labute approximate surface area is 163 Å². The Kier molecular flexibility index (Phi) is 7.50. The van der Waals surface area contributed by atoms with Gasteiger partial charge >= 0.3 is 0 Å². The fourth-order valence-electron chi connectivity index (χ4n) is 4.09. The number of hydrogen-bond acceptors (Lipinski definition) is 1. The van der Waals surface area contributed by atoms with Crippen molar-refractivity contribution >= 4 is 0 Å². The summed E-state index contributed by atoms with van der Waals surface area (Å²) in [4.78, 5) is 0. The fourth-order valence-corrected chi connectivity index (χ4v) is 4.09. The molecule has 0 amide bonds. The van der Waals surface area contributed by atoms with Crippen molar-refractivity contribution in [2.45, 2.75) is 57.8 Å². The van der Waals surface area contributed by atoms with Crippen molar-refractivity contribution in [3.8, 4) is 16.9 Å². The number of halogens is 1. The molecular weight excluding hydrogens is 335 g/mol. The van der Waals surface area contributed by atoms with E-state index in [1.165, 1.54) is 42.4 Å². The molecule has 0 atom stereocenters. The summed E-state index contributed by atoms with van der Waals surface area (Å²) in [6.07, 6.45) is 10.4. The average Bonchev–Trinajstić information content (AvgIpc) is 2.73. The molecule has 27 heavy (non-hydrogen) atoms. The van der Waals surface area contributed by atoms with E-state index in [9.17, 15) is 4.39 Å². The zero-order valence-electron chi connectivity index (χ0n) is 16.4. The first-order valence-electron chi connectivity index (χ1n) is 10.4. The van der Waals surface area contributed by atoms with Crippen molar-refractivity contribution < 1.29 is 9.13 Å². The topological polar surface area (TPSA) is 9.23 Å². The van der Waals surface area contributed by atoms with Gasteiger partial charge in [0.2, 0.25) is 0 Å². The van der Waals surface area contributed by atoms with Crippen LogP contribution in [-0.4, -0.2) is 6.61 Å². The van der Waals surface area contributed by atoms with E-state index in [2.05, 4.69) is 55.5 Å². The van der Waals surface area contributed by atoms with Crippen LogP contribution >= 0.6 is 0 Å². The van der Waals surface area contributed by atoms with Gasteiger partial charge in [0.25, 0.3) is 0 Å². The number of benzene rings is 2. The second-order valence-electron chi connectivity index (χ2n) is 7.65. The third kappa shape index (κ3) is 5.69. The van der Waals surface area contributed by atoms with Gasteiger partial charge in [-0.1, -0.05) is 49.4 Å². The van der Waals surface area contributed by atoms with E-state index in [0.717, 1.165) is 37.5 Å². The summed E-state index contributed by atoms with van der Waals surface area (Å²) in [6.45, 7) is 2.88. The van der Waals surface area contributed by atoms with Crippen molar-refractivity contribution in [3.05, 3.63) is 66.5 Å². The normalized spacial score (nSPS) is 20.1. The number of rotatable bonds is 8. The van der Waals surface area contributed by atoms with E-state index >= 15 is 0 Å². The summed E-state index contributed by atoms with van der Waals surface area (Å²) in [6, 6.07) is 17.5. The molecule has 1 aliphatic rings. The molecule has 0 spiro atoms. The van der Waals surface area contributed by atoms with Crippen LogP contribution in [-0.2, 0) is 0 Å². The Balaban J connectivity index is 1.54. The van der Waals surface area contributed by atoms with E-state index < -0.39 is 0 Å². The summed E-state index contributed by atoms with van der Waals surface area (Å²) in [5.41, 5.74) is 3.95. The minimum absolute atomic E-state index is 0.678. The molecule has 0 aliphatic heterocycles. The predicted molar refractivity (Wildman–Crippen MR) is 112 cm³/mol. The van der Waals surface area contributed by atoms with E-state index in [1.807, 2.05) is 0 Å². The molecule has 144 valence electrons. The molecule has 0 unspecified atom stereocenters. The van der Waals surface area contributed by atoms with Gasteiger partial charge in [-0.15, -0.1) is 0 Å². The van der Waals surface area contributed by atoms with Gasteiger partial charge in [0.05, 0.1) is 12.9 Å². The van der Waals surface area contributed by atoms with E-state index in [4.69, 9.17) is 4.74 Å². The first kappa shape index (κ1) is 19.7. The predicted octanol–water partition coefficient (Wildman–Crippen LogP) is 7.68. The van der Waals surface area contributed by atoms with Gasteiger partial charge < -0.3 is 4.74 Å². The average molecular weight is 367 g/mol. The van der Waals surface area contributed by atoms with Gasteiger partial charge in [0.1, 0.15) is 5.75 Å². The van der Waals surface area contributed by atoms with Gasteiger partial charge in [-0.25, -0.2) is 4.39 Å². The van der Waals surface area contributed by atoms with Gasteiger partial charge in [0.15, 0.2) is 0 Å². The van der Waals surface area contributed by atoms with Crippen molar-refractivity contribution in [2.24, 2.45) is 5.92 Å². The van der Waals surface area contributed by atoms with Crippen LogP contribution in [0.3, 0.4) is 0 Å². The Hall–Kier alpha value is -2.09. The molecule has 2 heteroatoms. The molecule has 0 aromatic heterocycles. The number of ether oxygens (including phenoxy) is 1. The van der Waals surface area contributed by atoms with Gasteiger partial charge in [-0.05, 0) is 85.6 Å². The van der Waals surface area contributed by atoms with Crippen LogP contribution in [0.5, 0.6) is 5.75 Å². The Morgan fingerprint density at radius 2 is 1.56 bits per heavy atom. The van der Waals surface area contributed by atoms with Crippen molar-refractivity contribution in [2.75, 3.05) is 6.61 Å². The molecule has 3 rings (SSSR count). The van der Waals surface area contributed by atoms with Crippen LogP contribution in [0, 0.1) is 5.92 Å². The van der Waals surface area contributed by atoms with Gasteiger partial charge in [0, 0.05) is 0 Å². The minimum atomic E-state index is 0.678. The van der Waals surface area contributed by atoms with Crippen molar-refractivity contribution in [1.82, 2.24) is 0 Å². The minimum Gasteiger partial charge on any atom is -0.494 e. The van der Waals surface area contributed by atoms with Crippen molar-refractivity contribution in [1.29, 1.82) is 0 Å². The Morgan fingerprint density at radius 3 is 2.15 bits per heavy atom. The summed E-state index contributed by atoms with van der Waals surface area (Å²) in [5, 5.41) is 0. The Bertz CT molecular complexity index is 694. The molecule has 1 nitrogen and oxygen atoms in total. The maximum Gasteiger partial charge on any atom is 0.119 e. The lowest BCUT2D eigenvalue weighted by molar-refractivity contribution is 0.311. The second-order valence-corrected chi connectivity index (χ2v) is 7.65. The van der Waals surface area contributed by atoms with Crippen LogP contribution in [0.1, 0.15) is 63.4 Å². The molecular formula is C25H31FO. The quantitative estimate of drug-likeness (QED) is 0.465. The number of allylic oxidation sites excluding steroid dienone is 1. The SMILES string of the molecule is CCCOc1ccc(-c2ccc([C@H]3CC[C@H](CCC=CF)CC3)cc2)cc1. The first-order chi connectivity index (χ1) is 13.3. The van der Waals surface area contributed by atoms with Crippen LogP contribution < -0.4 is 4.74 Å². The monoisotopic (exact) mass is 366 g/mol. The van der Waals surface area contributed by atoms with Gasteiger partial charge in [-0.3, -0.25) is 0 Å². The lowest BCUT2D eigenvalue weighted by Crippen LogP contribution is -2.13. The second kappa shape index (κ2) is 10.3. The molecule has 2 aromatic carbocycles. The first-order valence-corrected chi connectivity index (χ1v) is 10.4. The highest BCUT2D eigenvalue weighted by molar-refractivity contribution is 5.64. The van der Waals surface area contributed by atoms with Crippen LogP contribution in [0.2, 0.25) is 0 Å². The van der Waals surface area contributed by atoms with Crippen molar-refractivity contribution in [3.63, 3.8) is 0 Å². The van der Waals surface area contributed by atoms with Crippen LogP contribution in [0.25, 0.3) is 11.1 Å². The molecule has 0 radical (unpaired) electrons. The molecule has 1 fully saturated rings. The third-order valence-corrected chi connectivity index (χ3v) is 5.72. The van der Waals surface area contributed by atoms with E-state index in [-0.39, 0.29) is 0 Å². The highest BCUT2D eigenvalue weighted by Gasteiger charge is 2.21. The summed E-state index contributed by atoms with van der Waals surface area (Å²) >= 11 is 0. The maximum absolute atomic E-state index is 12.1. The maximum atomic E-state index is 12.1. The van der Waals surface area contributed by atoms with Gasteiger partial charge in [-0.2, -0.15) is 0 Å². The smallest absolute Gasteiger partial charge is 0.119 e. The van der Waals surface area contributed by atoms with Crippen LogP contribution in [0.15, 0.2) is 60.9 Å². The lowest BCUT2D eigenvalue weighted by atomic mass is 9.77. The molecule has 0 saturated heterocycles. The summed E-state index contributed by atoms with van der Waals surface area (Å²) < 4.78 is 17.7. The summed E-state index contributed by atoms with van der Waals surface area (Å²) in [7, 11) is 0. The van der Waals surface area contributed by atoms with E-state index in [1.54, 1.807) is 6.08 Å². The number of hydrogen-bond donors (Lipinski definition) is 0. The van der Waals surface area contributed by atoms with E-state index in [0.29, 0.717) is 12.2 Å². The molecule has 2 aromatic rings. The highest BCUT2D eigenvalue weighted by atomic mass is 19.1. The molecule has 1 saturated carbocycles. The molecule has 0 N–H and O–H groups in total. The fraction of sp³-hybridized carbons (Fsp3) is 0.440.